The summed E-state index contributed by atoms with van der Waals surface area (Å²) in [7, 11) is 4.35. The van der Waals surface area contributed by atoms with Crippen LogP contribution in [0.5, 0.6) is 11.5 Å². The number of aromatic nitrogens is 4. The number of para-hydroxylation sites is 1. The Morgan fingerprint density at radius 2 is 1.96 bits per heavy atom. The Hall–Kier alpha value is -3.56. The molecule has 0 unspecified atom stereocenters. The lowest BCUT2D eigenvalue weighted by Gasteiger charge is -2.13. The topological polar surface area (TPSA) is 118 Å². The maximum atomic E-state index is 12.4. The van der Waals surface area contributed by atoms with Gasteiger partial charge in [0.1, 0.15) is 12.2 Å². The van der Waals surface area contributed by atoms with Gasteiger partial charge < -0.3 is 19.1 Å². The van der Waals surface area contributed by atoms with Crippen molar-refractivity contribution in [1.29, 1.82) is 0 Å². The fourth-order valence-electron chi connectivity index (χ4n) is 2.81. The largest absolute Gasteiger partial charge is 0.493 e. The monoisotopic (exact) mass is 374 g/mol. The lowest BCUT2D eigenvalue weighted by Crippen LogP contribution is -2.37. The number of rotatable bonds is 6. The fourth-order valence-corrected chi connectivity index (χ4v) is 2.81. The smallest absolute Gasteiger partial charge is 0.339 e. The zero-order chi connectivity index (χ0) is 19.7. The highest BCUT2D eigenvalue weighted by Gasteiger charge is 2.17. The number of fused-ring (bicyclic) bond motifs is 1. The molecule has 0 fully saturated rings. The van der Waals surface area contributed by atoms with E-state index in [1.54, 1.807) is 16.7 Å². The molecule has 142 valence electrons. The summed E-state index contributed by atoms with van der Waals surface area (Å²) in [5.74, 6) is -0.734. The Morgan fingerprint density at radius 1 is 1.22 bits per heavy atom. The number of hydrogen-bond acceptors (Lipinski definition) is 6. The first-order valence-corrected chi connectivity index (χ1v) is 8.00. The van der Waals surface area contributed by atoms with Gasteiger partial charge in [-0.3, -0.25) is 13.9 Å². The molecule has 1 N–H and O–H groups in total. The number of hydrogen-bond donors (Lipinski definition) is 1. The van der Waals surface area contributed by atoms with E-state index in [0.717, 1.165) is 4.57 Å². The lowest BCUT2D eigenvalue weighted by molar-refractivity contribution is 0.0691. The summed E-state index contributed by atoms with van der Waals surface area (Å²) in [5, 5.41) is 9.31. The van der Waals surface area contributed by atoms with Gasteiger partial charge in [-0.2, -0.15) is 0 Å². The summed E-state index contributed by atoms with van der Waals surface area (Å²) in [6.07, 6.45) is 1.44. The number of carboxylic acid groups (broad SMARTS) is 1. The third-order valence-corrected chi connectivity index (χ3v) is 4.23. The van der Waals surface area contributed by atoms with Crippen LogP contribution in [0.2, 0.25) is 0 Å². The third-order valence-electron chi connectivity index (χ3n) is 4.23. The van der Waals surface area contributed by atoms with Crippen LogP contribution >= 0.6 is 0 Å². The second-order valence-corrected chi connectivity index (χ2v) is 5.81. The van der Waals surface area contributed by atoms with Gasteiger partial charge in [-0.05, 0) is 12.1 Å². The van der Waals surface area contributed by atoms with Gasteiger partial charge >= 0.3 is 11.7 Å². The molecule has 0 spiro atoms. The van der Waals surface area contributed by atoms with Crippen LogP contribution in [0.3, 0.4) is 0 Å². The van der Waals surface area contributed by atoms with Crippen LogP contribution in [0.1, 0.15) is 10.4 Å². The number of nitrogens with zero attached hydrogens (tertiary/aromatic N) is 4. The molecule has 1 aromatic carbocycles. The maximum absolute atomic E-state index is 12.4. The van der Waals surface area contributed by atoms with Crippen LogP contribution in [-0.2, 0) is 20.6 Å². The predicted molar refractivity (Wildman–Crippen MR) is 95.7 cm³/mol. The number of ether oxygens (including phenoxy) is 2. The van der Waals surface area contributed by atoms with Crippen LogP contribution in [0.25, 0.3) is 11.2 Å². The highest BCUT2D eigenvalue weighted by atomic mass is 16.5. The molecule has 0 saturated heterocycles. The van der Waals surface area contributed by atoms with E-state index in [1.165, 1.54) is 38.2 Å². The Morgan fingerprint density at radius 3 is 2.63 bits per heavy atom. The molecule has 0 aliphatic rings. The quantitative estimate of drug-likeness (QED) is 0.656. The lowest BCUT2D eigenvalue weighted by atomic mass is 10.2. The Kier molecular flexibility index (Phi) is 4.72. The van der Waals surface area contributed by atoms with Gasteiger partial charge in [0.05, 0.1) is 20.0 Å². The molecule has 0 amide bonds. The summed E-state index contributed by atoms with van der Waals surface area (Å²) in [4.78, 5) is 39.9. The van der Waals surface area contributed by atoms with Crippen LogP contribution in [0.4, 0.5) is 0 Å². The molecular formula is C17H18N4O6. The van der Waals surface area contributed by atoms with Gasteiger partial charge in [0.2, 0.25) is 0 Å². The molecule has 0 aliphatic heterocycles. The molecule has 0 saturated carbocycles. The van der Waals surface area contributed by atoms with E-state index in [9.17, 15) is 19.5 Å². The molecular weight excluding hydrogens is 356 g/mol. The Bertz CT molecular complexity index is 1140. The second kappa shape index (κ2) is 6.98. The minimum Gasteiger partial charge on any atom is -0.493 e. The van der Waals surface area contributed by atoms with Crippen molar-refractivity contribution in [3.63, 3.8) is 0 Å². The van der Waals surface area contributed by atoms with Gasteiger partial charge in [0.15, 0.2) is 22.7 Å². The number of imidazole rings is 1. The van der Waals surface area contributed by atoms with Crippen molar-refractivity contribution in [2.75, 3.05) is 13.7 Å². The molecule has 0 aliphatic carbocycles. The number of aryl methyl sites for hydroxylation is 1. The minimum absolute atomic E-state index is 0.0249. The average molecular weight is 374 g/mol. The summed E-state index contributed by atoms with van der Waals surface area (Å²) in [6.45, 7) is 0.291. The van der Waals surface area contributed by atoms with Crippen LogP contribution in [0.15, 0.2) is 34.1 Å². The Balaban J connectivity index is 1.91. The van der Waals surface area contributed by atoms with Crippen LogP contribution < -0.4 is 20.7 Å². The summed E-state index contributed by atoms with van der Waals surface area (Å²) in [5.41, 5.74) is -0.417. The van der Waals surface area contributed by atoms with Crippen molar-refractivity contribution < 1.29 is 19.4 Å². The highest BCUT2D eigenvalue weighted by molar-refractivity contribution is 5.92. The first-order valence-electron chi connectivity index (χ1n) is 8.00. The number of carbonyl (C=O) groups is 1. The number of methoxy groups -OCH3 is 1. The van der Waals surface area contributed by atoms with E-state index >= 15 is 0 Å². The SMILES string of the molecule is COc1cccc(C(=O)O)c1OCCn1cnc2c1c(=O)n(C)c(=O)n2C. The summed E-state index contributed by atoms with van der Waals surface area (Å²) >= 11 is 0. The van der Waals surface area contributed by atoms with Gasteiger partial charge in [0, 0.05) is 14.1 Å². The molecule has 10 nitrogen and oxygen atoms in total. The third kappa shape index (κ3) is 3.05. The molecule has 27 heavy (non-hydrogen) atoms. The van der Waals surface area contributed by atoms with Gasteiger partial charge in [0.25, 0.3) is 5.56 Å². The highest BCUT2D eigenvalue weighted by Crippen LogP contribution is 2.31. The summed E-state index contributed by atoms with van der Waals surface area (Å²) < 4.78 is 14.6. The van der Waals surface area contributed by atoms with Gasteiger partial charge in [-0.15, -0.1) is 0 Å². The zero-order valence-corrected chi connectivity index (χ0v) is 15.0. The zero-order valence-electron chi connectivity index (χ0n) is 15.0. The van der Waals surface area contributed by atoms with Gasteiger partial charge in [-0.1, -0.05) is 6.07 Å². The molecule has 0 atom stereocenters. The molecule has 3 rings (SSSR count). The maximum Gasteiger partial charge on any atom is 0.339 e. The van der Waals surface area contributed by atoms with E-state index in [-0.39, 0.29) is 35.6 Å². The van der Waals surface area contributed by atoms with E-state index in [0.29, 0.717) is 5.75 Å². The molecule has 2 heterocycles. The van der Waals surface area contributed by atoms with Crippen molar-refractivity contribution in [2.24, 2.45) is 14.1 Å². The van der Waals surface area contributed by atoms with Crippen molar-refractivity contribution in [3.8, 4) is 11.5 Å². The second-order valence-electron chi connectivity index (χ2n) is 5.81. The van der Waals surface area contributed by atoms with Crippen molar-refractivity contribution >= 4 is 17.1 Å². The Labute approximate surface area is 152 Å². The van der Waals surface area contributed by atoms with Crippen molar-refractivity contribution in [3.05, 3.63) is 50.9 Å². The number of carboxylic acids is 1. The molecule has 0 bridgehead atoms. The van der Waals surface area contributed by atoms with Crippen molar-refractivity contribution in [2.45, 2.75) is 6.54 Å². The van der Waals surface area contributed by atoms with Crippen LogP contribution in [0, 0.1) is 0 Å². The number of benzene rings is 1. The standard InChI is InChI=1S/C17H18N4O6/c1-19-14-12(15(22)20(2)17(19)25)21(9-18-14)7-8-27-13-10(16(23)24)5-4-6-11(13)26-3/h4-6,9H,7-8H2,1-3H3,(H,23,24). The first kappa shape index (κ1) is 18.2. The summed E-state index contributed by atoms with van der Waals surface area (Å²) in [6, 6.07) is 4.57. The first-order chi connectivity index (χ1) is 12.9. The molecule has 10 heteroatoms. The fraction of sp³-hybridized carbons (Fsp3) is 0.294. The number of aromatic carboxylic acids is 1. The predicted octanol–water partition coefficient (Wildman–Crippen LogP) is 0.220. The van der Waals surface area contributed by atoms with E-state index in [4.69, 9.17) is 9.47 Å². The average Bonchev–Trinajstić information content (AvgIpc) is 3.08. The van der Waals surface area contributed by atoms with E-state index in [1.807, 2.05) is 0 Å². The minimum atomic E-state index is -1.14. The van der Waals surface area contributed by atoms with Crippen LogP contribution in [-0.4, -0.2) is 43.5 Å². The van der Waals surface area contributed by atoms with E-state index < -0.39 is 17.2 Å². The van der Waals surface area contributed by atoms with Gasteiger partial charge in [-0.25, -0.2) is 14.6 Å². The normalized spacial score (nSPS) is 10.9. The molecule has 0 radical (unpaired) electrons. The molecule has 2 aromatic heterocycles. The van der Waals surface area contributed by atoms with Crippen molar-refractivity contribution in [1.82, 2.24) is 18.7 Å². The van der Waals surface area contributed by atoms with E-state index in [2.05, 4.69) is 4.98 Å². The molecule has 3 aromatic rings.